The molecule has 2 aliphatic heterocycles. The van der Waals surface area contributed by atoms with Gasteiger partial charge in [-0.2, -0.15) is 0 Å². The van der Waals surface area contributed by atoms with Crippen molar-refractivity contribution in [2.45, 2.75) is 32.7 Å². The van der Waals surface area contributed by atoms with E-state index in [1.54, 1.807) is 13.0 Å². The molecule has 20 heavy (non-hydrogen) atoms. The molecule has 0 spiro atoms. The van der Waals surface area contributed by atoms with E-state index in [0.717, 1.165) is 12.6 Å². The maximum atomic E-state index is 10.2. The Bertz CT molecular complexity index is 443. The van der Waals surface area contributed by atoms with Crippen LogP contribution in [0.15, 0.2) is 18.2 Å². The molecule has 0 radical (unpaired) electrons. The molecule has 0 aliphatic carbocycles. The number of nitro benzene ring substituents is 1. The summed E-state index contributed by atoms with van der Waals surface area (Å²) in [7, 11) is 0. The van der Waals surface area contributed by atoms with Gasteiger partial charge in [-0.15, -0.1) is 0 Å². The first-order valence-corrected chi connectivity index (χ1v) is 6.88. The molecule has 3 N–H and O–H groups in total. The minimum atomic E-state index is -0.609. The van der Waals surface area contributed by atoms with E-state index < -0.39 is 4.92 Å². The third-order valence-corrected chi connectivity index (χ3v) is 3.22. The first-order valence-electron chi connectivity index (χ1n) is 6.88. The second-order valence-electron chi connectivity index (χ2n) is 4.90. The Morgan fingerprint density at radius 2 is 2.20 bits per heavy atom. The van der Waals surface area contributed by atoms with Crippen LogP contribution in [0.2, 0.25) is 0 Å². The number of nitrogens with two attached hydrogens (primary N) is 1. The number of aryl methyl sites for hydroxylation is 1. The highest BCUT2D eigenvalue weighted by molar-refractivity contribution is 5.49. The molecular weight excluding hydrogens is 258 g/mol. The van der Waals surface area contributed by atoms with Gasteiger partial charge in [-0.05, 0) is 38.4 Å². The molecule has 112 valence electrons. The maximum Gasteiger partial charge on any atom is 0.310 e. The van der Waals surface area contributed by atoms with Crippen LogP contribution in [0.25, 0.3) is 0 Å². The first-order chi connectivity index (χ1) is 9.51. The van der Waals surface area contributed by atoms with E-state index in [1.165, 1.54) is 38.1 Å². The van der Waals surface area contributed by atoms with Crippen molar-refractivity contribution in [3.63, 3.8) is 0 Å². The minimum absolute atomic E-state index is 0.245. The molecule has 2 fully saturated rings. The standard InChI is InChI=1S/C7H7NO3.C5H9N.C2H7N/c1-5-3-2-4-6(7(5)9)8(10)11;1-2-5-4-6(5)3-1;1-2-3/h2-4,9H,1H3;5H,1-4H2;2-3H2,1H3. The molecule has 0 saturated carbocycles. The molecule has 2 unspecified atom stereocenters. The van der Waals surface area contributed by atoms with Crippen LogP contribution in [0.5, 0.6) is 5.75 Å². The van der Waals surface area contributed by atoms with Gasteiger partial charge in [-0.1, -0.05) is 19.1 Å². The number of aromatic hydroxyl groups is 1. The lowest BCUT2D eigenvalue weighted by Crippen LogP contribution is -1.90. The van der Waals surface area contributed by atoms with Crippen LogP contribution < -0.4 is 5.73 Å². The fourth-order valence-corrected chi connectivity index (χ4v) is 2.09. The van der Waals surface area contributed by atoms with E-state index >= 15 is 0 Å². The summed E-state index contributed by atoms with van der Waals surface area (Å²) in [5.74, 6) is -0.252. The van der Waals surface area contributed by atoms with Gasteiger partial charge in [0.2, 0.25) is 0 Å². The van der Waals surface area contributed by atoms with Gasteiger partial charge in [-0.3, -0.25) is 15.0 Å². The maximum absolute atomic E-state index is 10.2. The molecular formula is C14H23N3O3. The Balaban J connectivity index is 0.000000184. The average Bonchev–Trinajstić information content (AvgIpc) is 3.01. The summed E-state index contributed by atoms with van der Waals surface area (Å²) in [6.45, 7) is 7.08. The molecule has 0 amide bonds. The van der Waals surface area contributed by atoms with E-state index in [-0.39, 0.29) is 11.4 Å². The number of phenols is 1. The van der Waals surface area contributed by atoms with Crippen molar-refractivity contribution < 1.29 is 10.0 Å². The molecule has 2 atom stereocenters. The van der Waals surface area contributed by atoms with Crippen LogP contribution in [0.4, 0.5) is 5.69 Å². The predicted octanol–water partition coefficient (Wildman–Crippen LogP) is 2.04. The van der Waals surface area contributed by atoms with Crippen LogP contribution in [0.3, 0.4) is 0 Å². The van der Waals surface area contributed by atoms with Gasteiger partial charge in [0.15, 0.2) is 5.75 Å². The number of piperidine rings is 1. The quantitative estimate of drug-likeness (QED) is 0.467. The Labute approximate surface area is 119 Å². The molecule has 2 heterocycles. The Kier molecular flexibility index (Phi) is 6.41. The number of benzene rings is 1. The normalized spacial score (nSPS) is 21.8. The van der Waals surface area contributed by atoms with E-state index in [1.807, 2.05) is 6.92 Å². The Morgan fingerprint density at radius 1 is 1.55 bits per heavy atom. The topological polar surface area (TPSA) is 92.4 Å². The minimum Gasteiger partial charge on any atom is -0.502 e. The van der Waals surface area contributed by atoms with Gasteiger partial charge in [0.05, 0.1) is 4.92 Å². The van der Waals surface area contributed by atoms with E-state index in [2.05, 4.69) is 4.90 Å². The fraction of sp³-hybridized carbons (Fsp3) is 0.571. The van der Waals surface area contributed by atoms with Crippen molar-refractivity contribution in [1.29, 1.82) is 0 Å². The lowest BCUT2D eigenvalue weighted by molar-refractivity contribution is -0.385. The first kappa shape index (κ1) is 16.4. The van der Waals surface area contributed by atoms with Crippen molar-refractivity contribution in [2.75, 3.05) is 19.6 Å². The van der Waals surface area contributed by atoms with Crippen molar-refractivity contribution in [3.05, 3.63) is 33.9 Å². The molecule has 1 aromatic carbocycles. The van der Waals surface area contributed by atoms with Gasteiger partial charge in [0.1, 0.15) is 0 Å². The van der Waals surface area contributed by atoms with Crippen molar-refractivity contribution in [3.8, 4) is 5.75 Å². The number of phenolic OH excluding ortho intramolecular Hbond substituents is 1. The van der Waals surface area contributed by atoms with Gasteiger partial charge < -0.3 is 10.8 Å². The summed E-state index contributed by atoms with van der Waals surface area (Å²) in [6.07, 6.45) is 2.95. The molecule has 3 rings (SSSR count). The number of nitro groups is 1. The lowest BCUT2D eigenvalue weighted by atomic mass is 10.2. The number of hydrogen-bond acceptors (Lipinski definition) is 5. The van der Waals surface area contributed by atoms with Gasteiger partial charge >= 0.3 is 5.69 Å². The van der Waals surface area contributed by atoms with Gasteiger partial charge in [-0.25, -0.2) is 0 Å². The highest BCUT2D eigenvalue weighted by Crippen LogP contribution is 2.29. The van der Waals surface area contributed by atoms with E-state index in [9.17, 15) is 10.1 Å². The SMILES string of the molecule is C1CC2CN2C1.CCN.Cc1cccc([N+](=O)[O-])c1O. The third-order valence-electron chi connectivity index (χ3n) is 3.22. The lowest BCUT2D eigenvalue weighted by Gasteiger charge is -1.97. The fourth-order valence-electron chi connectivity index (χ4n) is 2.09. The van der Waals surface area contributed by atoms with Crippen molar-refractivity contribution in [1.82, 2.24) is 4.90 Å². The monoisotopic (exact) mass is 281 g/mol. The largest absolute Gasteiger partial charge is 0.502 e. The molecule has 2 aliphatic rings. The van der Waals surface area contributed by atoms with Gasteiger partial charge in [0, 0.05) is 18.7 Å². The van der Waals surface area contributed by atoms with Crippen LogP contribution >= 0.6 is 0 Å². The summed E-state index contributed by atoms with van der Waals surface area (Å²) in [5, 5.41) is 19.3. The van der Waals surface area contributed by atoms with E-state index in [4.69, 9.17) is 10.8 Å². The molecule has 0 bridgehead atoms. The summed E-state index contributed by atoms with van der Waals surface area (Å²) < 4.78 is 0. The Morgan fingerprint density at radius 3 is 2.50 bits per heavy atom. The highest BCUT2D eigenvalue weighted by atomic mass is 16.6. The predicted molar refractivity (Wildman–Crippen MR) is 78.8 cm³/mol. The van der Waals surface area contributed by atoms with Crippen LogP contribution in [0.1, 0.15) is 25.3 Å². The number of rotatable bonds is 1. The summed E-state index contributed by atoms with van der Waals surface area (Å²) in [4.78, 5) is 12.1. The zero-order chi connectivity index (χ0) is 15.1. The smallest absolute Gasteiger partial charge is 0.310 e. The third kappa shape index (κ3) is 4.79. The zero-order valence-electron chi connectivity index (χ0n) is 12.1. The van der Waals surface area contributed by atoms with Crippen LogP contribution in [-0.2, 0) is 0 Å². The second-order valence-corrected chi connectivity index (χ2v) is 4.90. The highest BCUT2D eigenvalue weighted by Gasteiger charge is 2.37. The number of fused-ring (bicyclic) bond motifs is 1. The molecule has 2 saturated heterocycles. The van der Waals surface area contributed by atoms with Crippen LogP contribution in [-0.4, -0.2) is 40.6 Å². The number of para-hydroxylation sites is 1. The molecule has 6 heteroatoms. The Hall–Kier alpha value is -1.66. The van der Waals surface area contributed by atoms with E-state index in [0.29, 0.717) is 5.56 Å². The van der Waals surface area contributed by atoms with Crippen LogP contribution in [0, 0.1) is 17.0 Å². The molecule has 1 aromatic rings. The summed E-state index contributed by atoms with van der Waals surface area (Å²) in [6, 6.07) is 5.46. The number of hydrogen-bond donors (Lipinski definition) is 2. The van der Waals surface area contributed by atoms with Crippen molar-refractivity contribution in [2.24, 2.45) is 5.73 Å². The van der Waals surface area contributed by atoms with Gasteiger partial charge in [0.25, 0.3) is 0 Å². The molecule has 0 aromatic heterocycles. The van der Waals surface area contributed by atoms with Crippen molar-refractivity contribution >= 4 is 5.69 Å². The second kappa shape index (κ2) is 7.81. The average molecular weight is 281 g/mol. The molecule has 6 nitrogen and oxygen atoms in total. The number of nitrogens with zero attached hydrogens (tertiary/aromatic N) is 2. The zero-order valence-corrected chi connectivity index (χ0v) is 12.1. The summed E-state index contributed by atoms with van der Waals surface area (Å²) >= 11 is 0. The summed E-state index contributed by atoms with van der Waals surface area (Å²) in [5.41, 5.74) is 5.12.